The second kappa shape index (κ2) is 5.63. The van der Waals surface area contributed by atoms with Crippen molar-refractivity contribution in [2.75, 3.05) is 32.0 Å². The summed E-state index contributed by atoms with van der Waals surface area (Å²) < 4.78 is 13.2. The zero-order chi connectivity index (χ0) is 13.1. The molecule has 2 rings (SSSR count). The van der Waals surface area contributed by atoms with Crippen molar-refractivity contribution in [1.29, 1.82) is 0 Å². The van der Waals surface area contributed by atoms with Crippen LogP contribution in [0.3, 0.4) is 0 Å². The Bertz CT molecular complexity index is 450. The van der Waals surface area contributed by atoms with Crippen LogP contribution in [0.4, 0.5) is 10.1 Å². The van der Waals surface area contributed by atoms with Crippen molar-refractivity contribution in [2.45, 2.75) is 6.42 Å². The summed E-state index contributed by atoms with van der Waals surface area (Å²) >= 11 is 4.94. The van der Waals surface area contributed by atoms with Gasteiger partial charge in [-0.3, -0.25) is 0 Å². The molecule has 18 heavy (non-hydrogen) atoms. The fourth-order valence-corrected chi connectivity index (χ4v) is 2.49. The van der Waals surface area contributed by atoms with Crippen LogP contribution in [-0.2, 0) is 0 Å². The van der Waals surface area contributed by atoms with Crippen molar-refractivity contribution in [1.82, 2.24) is 4.90 Å². The summed E-state index contributed by atoms with van der Waals surface area (Å²) in [6, 6.07) is 4.50. The van der Waals surface area contributed by atoms with Crippen molar-refractivity contribution in [3.05, 3.63) is 29.6 Å². The molecule has 1 saturated heterocycles. The molecule has 3 N–H and O–H groups in total. The number of nitrogens with one attached hydrogen (secondary N) is 1. The van der Waals surface area contributed by atoms with Gasteiger partial charge in [-0.15, -0.1) is 0 Å². The predicted octanol–water partition coefficient (Wildman–Crippen LogP) is 1.82. The Hall–Kier alpha value is -1.20. The summed E-state index contributed by atoms with van der Waals surface area (Å²) in [5.41, 5.74) is 7.00. The lowest BCUT2D eigenvalue weighted by atomic mass is 10.1. The molecule has 1 unspecified atom stereocenters. The molecule has 0 aliphatic carbocycles. The number of anilines is 1. The van der Waals surface area contributed by atoms with Gasteiger partial charge in [0.25, 0.3) is 0 Å². The van der Waals surface area contributed by atoms with E-state index in [9.17, 15) is 4.39 Å². The fraction of sp³-hybridized carbons (Fsp3) is 0.462. The van der Waals surface area contributed by atoms with Gasteiger partial charge in [0.05, 0.1) is 0 Å². The average Bonchev–Trinajstić information content (AvgIpc) is 2.73. The van der Waals surface area contributed by atoms with E-state index in [2.05, 4.69) is 17.3 Å². The van der Waals surface area contributed by atoms with E-state index in [1.54, 1.807) is 6.07 Å². The molecule has 3 nitrogen and oxygen atoms in total. The third kappa shape index (κ3) is 3.17. The summed E-state index contributed by atoms with van der Waals surface area (Å²) in [7, 11) is 2.12. The van der Waals surface area contributed by atoms with Gasteiger partial charge < -0.3 is 16.0 Å². The molecule has 0 saturated carbocycles. The lowest BCUT2D eigenvalue weighted by molar-refractivity contribution is 0.399. The van der Waals surface area contributed by atoms with Gasteiger partial charge in [-0.05, 0) is 44.1 Å². The Morgan fingerprint density at radius 1 is 1.61 bits per heavy atom. The number of hydrogen-bond acceptors (Lipinski definition) is 3. The van der Waals surface area contributed by atoms with Crippen LogP contribution in [0, 0.1) is 11.7 Å². The van der Waals surface area contributed by atoms with Crippen molar-refractivity contribution in [2.24, 2.45) is 11.7 Å². The maximum atomic E-state index is 13.2. The van der Waals surface area contributed by atoms with Gasteiger partial charge in [0.15, 0.2) is 0 Å². The smallest absolute Gasteiger partial charge is 0.124 e. The first-order valence-corrected chi connectivity index (χ1v) is 6.49. The van der Waals surface area contributed by atoms with E-state index in [4.69, 9.17) is 18.0 Å². The van der Waals surface area contributed by atoms with E-state index in [-0.39, 0.29) is 10.8 Å². The number of nitrogens with zero attached hydrogens (tertiary/aromatic N) is 1. The highest BCUT2D eigenvalue weighted by molar-refractivity contribution is 7.80. The largest absolute Gasteiger partial charge is 0.389 e. The summed E-state index contributed by atoms with van der Waals surface area (Å²) in [6.45, 7) is 3.10. The number of rotatable bonds is 4. The third-order valence-electron chi connectivity index (χ3n) is 3.32. The lowest BCUT2D eigenvalue weighted by Crippen LogP contribution is -2.21. The van der Waals surface area contributed by atoms with Gasteiger partial charge in [0, 0.05) is 24.3 Å². The average molecular weight is 267 g/mol. The molecule has 5 heteroatoms. The second-order valence-corrected chi connectivity index (χ2v) is 5.29. The summed E-state index contributed by atoms with van der Waals surface area (Å²) in [6.07, 6.45) is 1.19. The zero-order valence-electron chi connectivity index (χ0n) is 10.4. The van der Waals surface area contributed by atoms with Crippen LogP contribution < -0.4 is 11.1 Å². The number of hydrogen-bond donors (Lipinski definition) is 2. The Labute approximate surface area is 112 Å². The van der Waals surface area contributed by atoms with E-state index < -0.39 is 0 Å². The zero-order valence-corrected chi connectivity index (χ0v) is 11.3. The number of thiocarbonyl (C=S) groups is 1. The van der Waals surface area contributed by atoms with Crippen molar-refractivity contribution >= 4 is 22.9 Å². The van der Waals surface area contributed by atoms with Crippen molar-refractivity contribution in [3.63, 3.8) is 0 Å². The van der Waals surface area contributed by atoms with Gasteiger partial charge in [0.2, 0.25) is 0 Å². The van der Waals surface area contributed by atoms with Crippen LogP contribution >= 0.6 is 12.2 Å². The first kappa shape index (κ1) is 13.2. The number of benzene rings is 1. The summed E-state index contributed by atoms with van der Waals surface area (Å²) in [5, 5.41) is 3.32. The monoisotopic (exact) mass is 267 g/mol. The molecule has 1 aromatic rings. The molecule has 1 aliphatic rings. The molecule has 1 heterocycles. The van der Waals surface area contributed by atoms with E-state index in [1.165, 1.54) is 18.6 Å². The van der Waals surface area contributed by atoms with Gasteiger partial charge >= 0.3 is 0 Å². The lowest BCUT2D eigenvalue weighted by Gasteiger charge is -2.15. The SMILES string of the molecule is CN1CCC(CNc2ccc(F)cc2C(N)=S)C1. The van der Waals surface area contributed by atoms with Gasteiger partial charge in [-0.1, -0.05) is 12.2 Å². The normalized spacial score (nSPS) is 20.0. The standard InChI is InChI=1S/C13H18FN3S/c1-17-5-4-9(8-17)7-16-12-3-2-10(14)6-11(12)13(15)18/h2-3,6,9,16H,4-5,7-8H2,1H3,(H2,15,18). The minimum atomic E-state index is -0.316. The van der Waals surface area contributed by atoms with Crippen LogP contribution in [0.2, 0.25) is 0 Å². The highest BCUT2D eigenvalue weighted by atomic mass is 32.1. The van der Waals surface area contributed by atoms with Crippen molar-refractivity contribution in [3.8, 4) is 0 Å². The van der Waals surface area contributed by atoms with Gasteiger partial charge in [0.1, 0.15) is 10.8 Å². The summed E-state index contributed by atoms with van der Waals surface area (Å²) in [5.74, 6) is 0.309. The molecule has 1 fully saturated rings. The molecule has 1 aromatic carbocycles. The molecule has 1 aliphatic heterocycles. The van der Waals surface area contributed by atoms with Crippen LogP contribution in [0.15, 0.2) is 18.2 Å². The van der Waals surface area contributed by atoms with E-state index in [0.717, 1.165) is 25.3 Å². The van der Waals surface area contributed by atoms with Crippen LogP contribution in [0.1, 0.15) is 12.0 Å². The molecule has 98 valence electrons. The molecule has 0 bridgehead atoms. The Balaban J connectivity index is 2.02. The second-order valence-electron chi connectivity index (χ2n) is 4.85. The van der Waals surface area contributed by atoms with Crippen LogP contribution in [0.25, 0.3) is 0 Å². The van der Waals surface area contributed by atoms with Crippen LogP contribution in [-0.4, -0.2) is 36.6 Å². The number of likely N-dealkylation sites (tertiary alicyclic amines) is 1. The number of nitrogens with two attached hydrogens (primary N) is 1. The van der Waals surface area contributed by atoms with E-state index in [0.29, 0.717) is 11.5 Å². The highest BCUT2D eigenvalue weighted by Gasteiger charge is 2.19. The van der Waals surface area contributed by atoms with Crippen molar-refractivity contribution < 1.29 is 4.39 Å². The fourth-order valence-electron chi connectivity index (χ4n) is 2.32. The Morgan fingerprint density at radius 3 is 3.00 bits per heavy atom. The summed E-state index contributed by atoms with van der Waals surface area (Å²) in [4.78, 5) is 2.53. The first-order valence-electron chi connectivity index (χ1n) is 6.08. The van der Waals surface area contributed by atoms with Crippen LogP contribution in [0.5, 0.6) is 0 Å². The van der Waals surface area contributed by atoms with Gasteiger partial charge in [-0.25, -0.2) is 4.39 Å². The molecule has 0 spiro atoms. The first-order chi connectivity index (χ1) is 8.56. The third-order valence-corrected chi connectivity index (χ3v) is 3.54. The van der Waals surface area contributed by atoms with Gasteiger partial charge in [-0.2, -0.15) is 0 Å². The highest BCUT2D eigenvalue weighted by Crippen LogP contribution is 2.20. The topological polar surface area (TPSA) is 41.3 Å². The minimum absolute atomic E-state index is 0.223. The maximum Gasteiger partial charge on any atom is 0.124 e. The molecule has 0 radical (unpaired) electrons. The van der Waals surface area contributed by atoms with E-state index >= 15 is 0 Å². The maximum absolute atomic E-state index is 13.2. The Kier molecular flexibility index (Phi) is 4.14. The molecule has 0 aromatic heterocycles. The molecular formula is C13H18FN3S. The van der Waals surface area contributed by atoms with E-state index in [1.807, 2.05) is 0 Å². The molecule has 1 atom stereocenters. The molecule has 0 amide bonds. The minimum Gasteiger partial charge on any atom is -0.389 e. The quantitative estimate of drug-likeness (QED) is 0.817. The molecular weight excluding hydrogens is 249 g/mol. The Morgan fingerprint density at radius 2 is 2.39 bits per heavy atom. The predicted molar refractivity (Wildman–Crippen MR) is 76.4 cm³/mol. The number of halogens is 1.